The number of rotatable bonds is 13. The van der Waals surface area contributed by atoms with E-state index in [1.807, 2.05) is 82.4 Å². The minimum absolute atomic E-state index is 0.0349. The zero-order valence-corrected chi connectivity index (χ0v) is 27.9. The lowest BCUT2D eigenvalue weighted by atomic mass is 9.81. The maximum Gasteiger partial charge on any atom is 0.234 e. The number of hydrogen-bond donors (Lipinski definition) is 3. The number of benzene rings is 1. The quantitative estimate of drug-likeness (QED) is 0.221. The fourth-order valence-electron chi connectivity index (χ4n) is 6.30. The van der Waals surface area contributed by atoms with Gasteiger partial charge < -0.3 is 25.0 Å². The summed E-state index contributed by atoms with van der Waals surface area (Å²) in [5, 5.41) is 24.7. The molecule has 1 saturated heterocycles. The average molecular weight is 628 g/mol. The number of pyridine rings is 1. The summed E-state index contributed by atoms with van der Waals surface area (Å²) in [6.45, 7) is 8.33. The van der Waals surface area contributed by atoms with Crippen LogP contribution in [-0.4, -0.2) is 78.4 Å². The Morgan fingerprint density at radius 1 is 1.20 bits per heavy atom. The summed E-state index contributed by atoms with van der Waals surface area (Å²) < 4.78 is 5.81. The molecular formula is C36H49N7O3. The second kappa shape index (κ2) is 15.9. The first-order chi connectivity index (χ1) is 22.1. The smallest absolute Gasteiger partial charge is 0.234 e. The van der Waals surface area contributed by atoms with Crippen LogP contribution in [0.5, 0.6) is 0 Å². The lowest BCUT2D eigenvalue weighted by Crippen LogP contribution is -2.58. The van der Waals surface area contributed by atoms with Gasteiger partial charge >= 0.3 is 0 Å². The number of aliphatic hydroxyl groups is 1. The Balaban J connectivity index is 1.59. The molecule has 0 spiro atoms. The van der Waals surface area contributed by atoms with E-state index in [1.165, 1.54) is 10.6 Å². The second-order valence-corrected chi connectivity index (χ2v) is 12.7. The summed E-state index contributed by atoms with van der Waals surface area (Å²) in [6, 6.07) is 16.8. The van der Waals surface area contributed by atoms with Crippen LogP contribution in [0.3, 0.4) is 0 Å². The van der Waals surface area contributed by atoms with E-state index in [-0.39, 0.29) is 29.9 Å². The molecule has 4 rings (SSSR count). The monoisotopic (exact) mass is 627 g/mol. The van der Waals surface area contributed by atoms with Crippen molar-refractivity contribution in [1.29, 1.82) is 5.26 Å². The molecule has 0 radical (unpaired) electrons. The van der Waals surface area contributed by atoms with E-state index in [9.17, 15) is 15.2 Å². The number of ether oxygens (including phenoxy) is 1. The van der Waals surface area contributed by atoms with Crippen LogP contribution in [0.2, 0.25) is 0 Å². The lowest BCUT2D eigenvalue weighted by Gasteiger charge is -2.43. The fourth-order valence-corrected chi connectivity index (χ4v) is 6.30. The molecule has 0 saturated carbocycles. The highest BCUT2D eigenvalue weighted by molar-refractivity contribution is 5.83. The molecule has 2 aliphatic heterocycles. The van der Waals surface area contributed by atoms with Crippen molar-refractivity contribution >= 4 is 17.3 Å². The topological polar surface area (TPSA) is 131 Å². The van der Waals surface area contributed by atoms with E-state index in [0.717, 1.165) is 49.3 Å². The van der Waals surface area contributed by atoms with E-state index in [1.54, 1.807) is 6.20 Å². The van der Waals surface area contributed by atoms with Crippen LogP contribution in [0.15, 0.2) is 78.0 Å². The van der Waals surface area contributed by atoms with Crippen LogP contribution in [0.1, 0.15) is 51.2 Å². The summed E-state index contributed by atoms with van der Waals surface area (Å²) in [5.41, 5.74) is 3.61. The van der Waals surface area contributed by atoms with Crippen LogP contribution >= 0.6 is 0 Å². The van der Waals surface area contributed by atoms with Crippen molar-refractivity contribution in [2.24, 2.45) is 17.7 Å². The fraction of sp³-hybridized carbons (Fsp3) is 0.472. The van der Waals surface area contributed by atoms with Crippen molar-refractivity contribution in [3.8, 4) is 6.07 Å². The molecule has 1 amide bonds. The Kier molecular flexibility index (Phi) is 12.0. The molecule has 1 aromatic heterocycles. The molecule has 4 N–H and O–H groups in total. The van der Waals surface area contributed by atoms with Gasteiger partial charge in [-0.1, -0.05) is 44.2 Å². The van der Waals surface area contributed by atoms with Crippen LogP contribution in [0.4, 0.5) is 5.82 Å². The van der Waals surface area contributed by atoms with Gasteiger partial charge in [-0.15, -0.1) is 0 Å². The van der Waals surface area contributed by atoms with Gasteiger partial charge in [-0.3, -0.25) is 9.80 Å². The molecule has 2 aliphatic rings. The zero-order chi connectivity index (χ0) is 33.3. The standard InChI is InChI=1S/C36H49N7O3/c1-6-46-30-20-31(35(43(38)24-30)32(22-37)27(3)26(2)14-19-44)29-12-13-33(39-23-29)42-17-15-36(16-18-42,40-34(45)25-41(4)5)21-28-10-8-7-9-11-28/h7-13,20,23-24,26-27,44H,6,14-19,21,25,38H2,1-5H3,(H,40,45)/b35-32-. The number of aliphatic hydroxyl groups excluding tert-OH is 1. The van der Waals surface area contributed by atoms with Crippen molar-refractivity contribution < 1.29 is 14.6 Å². The van der Waals surface area contributed by atoms with Gasteiger partial charge in [0.15, 0.2) is 0 Å². The normalized spacial score (nSPS) is 18.7. The predicted octanol–water partition coefficient (Wildman–Crippen LogP) is 4.22. The number of amides is 1. The average Bonchev–Trinajstić information content (AvgIpc) is 3.03. The van der Waals surface area contributed by atoms with Crippen molar-refractivity contribution in [2.45, 2.75) is 52.0 Å². The largest absolute Gasteiger partial charge is 0.492 e. The van der Waals surface area contributed by atoms with E-state index in [2.05, 4.69) is 28.4 Å². The third-order valence-corrected chi connectivity index (χ3v) is 9.00. The molecule has 1 fully saturated rings. The number of nitrogens with two attached hydrogens (primary N) is 1. The SMILES string of the molecule is CCOC1=CN(N)/C(=C(/C#N)C(C)C(C)CCO)C(c2ccc(N3CCC(Cc4ccccc4)(NC(=O)CN(C)C)CC3)nc2)=C1. The number of aromatic nitrogens is 1. The number of allylic oxidation sites excluding steroid dienone is 3. The third kappa shape index (κ3) is 8.55. The number of carbonyl (C=O) groups excluding carboxylic acids is 1. The van der Waals surface area contributed by atoms with E-state index in [0.29, 0.717) is 36.6 Å². The van der Waals surface area contributed by atoms with Gasteiger partial charge in [0.1, 0.15) is 11.6 Å². The van der Waals surface area contributed by atoms with E-state index >= 15 is 0 Å². The van der Waals surface area contributed by atoms with Gasteiger partial charge in [-0.25, -0.2) is 10.8 Å². The highest BCUT2D eigenvalue weighted by Gasteiger charge is 2.37. The Bertz CT molecular complexity index is 1450. The molecule has 10 nitrogen and oxygen atoms in total. The van der Waals surface area contributed by atoms with Crippen LogP contribution in [0, 0.1) is 23.2 Å². The van der Waals surface area contributed by atoms with Gasteiger partial charge in [0, 0.05) is 42.6 Å². The summed E-state index contributed by atoms with van der Waals surface area (Å²) in [4.78, 5) is 21.9. The third-order valence-electron chi connectivity index (χ3n) is 9.00. The molecule has 10 heteroatoms. The highest BCUT2D eigenvalue weighted by Crippen LogP contribution is 2.37. The molecule has 246 valence electrons. The van der Waals surface area contributed by atoms with E-state index in [4.69, 9.17) is 15.6 Å². The summed E-state index contributed by atoms with van der Waals surface area (Å²) in [6.07, 6.45) is 8.38. The first kappa shape index (κ1) is 34.7. The highest BCUT2D eigenvalue weighted by atomic mass is 16.5. The number of carbonyl (C=O) groups is 1. The van der Waals surface area contributed by atoms with Gasteiger partial charge in [0.2, 0.25) is 5.91 Å². The van der Waals surface area contributed by atoms with Crippen LogP contribution < -0.4 is 16.1 Å². The first-order valence-corrected chi connectivity index (χ1v) is 16.2. The predicted molar refractivity (Wildman–Crippen MR) is 182 cm³/mol. The number of piperidine rings is 1. The number of hydrazine groups is 1. The Labute approximate surface area is 273 Å². The molecule has 2 unspecified atom stereocenters. The molecule has 2 aromatic rings. The van der Waals surface area contributed by atoms with E-state index < -0.39 is 0 Å². The molecule has 3 heterocycles. The van der Waals surface area contributed by atoms with Gasteiger partial charge in [-0.05, 0) is 82.3 Å². The Hall–Kier alpha value is -4.17. The lowest BCUT2D eigenvalue weighted by molar-refractivity contribution is -0.123. The minimum Gasteiger partial charge on any atom is -0.492 e. The van der Waals surface area contributed by atoms with Gasteiger partial charge in [0.05, 0.1) is 36.7 Å². The molecular weight excluding hydrogens is 578 g/mol. The van der Waals surface area contributed by atoms with Gasteiger partial charge in [0.25, 0.3) is 0 Å². The summed E-state index contributed by atoms with van der Waals surface area (Å²) in [7, 11) is 3.81. The Morgan fingerprint density at radius 2 is 1.91 bits per heavy atom. The minimum atomic E-state index is -0.332. The van der Waals surface area contributed by atoms with Crippen molar-refractivity contribution in [1.82, 2.24) is 20.2 Å². The number of likely N-dealkylation sites (N-methyl/N-ethyl adjacent to an activating group) is 1. The second-order valence-electron chi connectivity index (χ2n) is 12.7. The number of anilines is 1. The molecule has 46 heavy (non-hydrogen) atoms. The van der Waals surface area contributed by atoms with Crippen molar-refractivity contribution in [3.63, 3.8) is 0 Å². The number of nitrogens with one attached hydrogen (secondary N) is 1. The molecule has 2 atom stereocenters. The maximum absolute atomic E-state index is 12.9. The summed E-state index contributed by atoms with van der Waals surface area (Å²) in [5.74, 6) is 7.97. The molecule has 0 aliphatic carbocycles. The van der Waals surface area contributed by atoms with Crippen LogP contribution in [0.25, 0.3) is 5.57 Å². The maximum atomic E-state index is 12.9. The molecule has 1 aromatic carbocycles. The van der Waals surface area contributed by atoms with Crippen molar-refractivity contribution in [3.05, 3.63) is 89.1 Å². The van der Waals surface area contributed by atoms with Crippen LogP contribution in [-0.2, 0) is 16.0 Å². The zero-order valence-electron chi connectivity index (χ0n) is 27.9. The number of nitriles is 1. The summed E-state index contributed by atoms with van der Waals surface area (Å²) >= 11 is 0. The number of nitrogens with zero attached hydrogens (tertiary/aromatic N) is 5. The van der Waals surface area contributed by atoms with Gasteiger partial charge in [-0.2, -0.15) is 5.26 Å². The van der Waals surface area contributed by atoms with Crippen molar-refractivity contribution in [2.75, 3.05) is 51.8 Å². The molecule has 0 bridgehead atoms. The Morgan fingerprint density at radius 3 is 2.50 bits per heavy atom. The number of hydrogen-bond acceptors (Lipinski definition) is 9. The first-order valence-electron chi connectivity index (χ1n) is 16.2.